The van der Waals surface area contributed by atoms with Crippen molar-refractivity contribution in [3.63, 3.8) is 0 Å². The van der Waals surface area contributed by atoms with Crippen molar-refractivity contribution < 1.29 is 14.6 Å². The first-order chi connectivity index (χ1) is 12.1. The average Bonchev–Trinajstić information content (AvgIpc) is 3.08. The van der Waals surface area contributed by atoms with Gasteiger partial charge in [-0.25, -0.2) is 9.78 Å². The average molecular weight is 351 g/mol. The van der Waals surface area contributed by atoms with Crippen LogP contribution in [0, 0.1) is 6.92 Å². The number of rotatable bonds is 6. The van der Waals surface area contributed by atoms with Crippen LogP contribution in [0.15, 0.2) is 53.9 Å². The fraction of sp³-hybridized carbons (Fsp3) is 0.100. The van der Waals surface area contributed by atoms with E-state index in [9.17, 15) is 4.79 Å². The molecule has 0 aliphatic rings. The molecule has 1 N–H and O–H groups in total. The number of carboxylic acids is 1. The summed E-state index contributed by atoms with van der Waals surface area (Å²) in [5.41, 5.74) is 4.31. The zero-order chi connectivity index (χ0) is 17.6. The Morgan fingerprint density at radius 1 is 1.12 bits per heavy atom. The second kappa shape index (κ2) is 7.77. The van der Waals surface area contributed by atoms with Gasteiger partial charge in [-0.15, -0.1) is 11.3 Å². The Morgan fingerprint density at radius 2 is 1.84 bits per heavy atom. The van der Waals surface area contributed by atoms with Crippen molar-refractivity contribution in [1.82, 2.24) is 4.98 Å². The summed E-state index contributed by atoms with van der Waals surface area (Å²) in [6, 6.07) is 15.6. The number of benzene rings is 2. The summed E-state index contributed by atoms with van der Waals surface area (Å²) >= 11 is 1.59. The molecular formula is C20H17NO3S. The maximum absolute atomic E-state index is 10.5. The highest BCUT2D eigenvalue weighted by Gasteiger charge is 2.02. The van der Waals surface area contributed by atoms with Crippen LogP contribution in [0.2, 0.25) is 0 Å². The van der Waals surface area contributed by atoms with Gasteiger partial charge in [0.05, 0.1) is 5.69 Å². The van der Waals surface area contributed by atoms with Crippen LogP contribution in [0.3, 0.4) is 0 Å². The molecule has 0 atom stereocenters. The molecule has 0 saturated carbocycles. The Labute approximate surface area is 150 Å². The lowest BCUT2D eigenvalue weighted by Gasteiger charge is -2.02. The molecule has 0 spiro atoms. The van der Waals surface area contributed by atoms with Gasteiger partial charge < -0.3 is 9.84 Å². The molecule has 0 amide bonds. The molecule has 3 rings (SSSR count). The van der Waals surface area contributed by atoms with E-state index in [4.69, 9.17) is 9.84 Å². The molecule has 0 bridgehead atoms. The van der Waals surface area contributed by atoms with Crippen molar-refractivity contribution in [2.75, 3.05) is 6.61 Å². The van der Waals surface area contributed by atoms with Crippen molar-refractivity contribution in [1.29, 1.82) is 0 Å². The first kappa shape index (κ1) is 16.9. The third-order valence-corrected chi connectivity index (χ3v) is 4.34. The number of aliphatic carboxylic acids is 1. The maximum atomic E-state index is 10.5. The molecule has 5 heteroatoms. The second-order valence-electron chi connectivity index (χ2n) is 5.52. The van der Waals surface area contributed by atoms with Gasteiger partial charge in [0.25, 0.3) is 0 Å². The molecule has 25 heavy (non-hydrogen) atoms. The van der Waals surface area contributed by atoms with Gasteiger partial charge in [-0.2, -0.15) is 0 Å². The standard InChI is InChI=1S/C20H17NO3S/c1-14-2-7-16(8-3-14)18-13-25-19(21-18)11-6-15-4-9-17(10-5-15)24-12-20(22)23/h2-11,13H,12H2,1H3,(H,22,23). The minimum atomic E-state index is -0.989. The molecule has 1 aromatic heterocycles. The van der Waals surface area contributed by atoms with Gasteiger partial charge in [0.2, 0.25) is 0 Å². The number of carbonyl (C=O) groups is 1. The number of hydrogen-bond donors (Lipinski definition) is 1. The summed E-state index contributed by atoms with van der Waals surface area (Å²) in [6.07, 6.45) is 3.94. The van der Waals surface area contributed by atoms with E-state index in [0.29, 0.717) is 5.75 Å². The SMILES string of the molecule is Cc1ccc(-c2csc(C=Cc3ccc(OCC(=O)O)cc3)n2)cc1. The monoisotopic (exact) mass is 351 g/mol. The molecule has 2 aromatic carbocycles. The van der Waals surface area contributed by atoms with E-state index in [1.165, 1.54) is 5.56 Å². The van der Waals surface area contributed by atoms with Gasteiger partial charge in [-0.3, -0.25) is 0 Å². The summed E-state index contributed by atoms with van der Waals surface area (Å²) in [5.74, 6) is -0.451. The quantitative estimate of drug-likeness (QED) is 0.696. The molecule has 0 saturated heterocycles. The molecule has 1 heterocycles. The lowest BCUT2D eigenvalue weighted by molar-refractivity contribution is -0.139. The molecule has 4 nitrogen and oxygen atoms in total. The molecular weight excluding hydrogens is 334 g/mol. The van der Waals surface area contributed by atoms with E-state index >= 15 is 0 Å². The number of aromatic nitrogens is 1. The van der Waals surface area contributed by atoms with Crippen LogP contribution in [-0.4, -0.2) is 22.7 Å². The summed E-state index contributed by atoms with van der Waals surface area (Å²) in [7, 11) is 0. The van der Waals surface area contributed by atoms with Gasteiger partial charge in [0.15, 0.2) is 6.61 Å². The topological polar surface area (TPSA) is 59.4 Å². The van der Waals surface area contributed by atoms with Crippen molar-refractivity contribution in [3.05, 3.63) is 70.0 Å². The van der Waals surface area contributed by atoms with E-state index < -0.39 is 5.97 Å². The van der Waals surface area contributed by atoms with Crippen molar-refractivity contribution in [2.45, 2.75) is 6.92 Å². The van der Waals surface area contributed by atoms with Gasteiger partial charge in [0, 0.05) is 10.9 Å². The summed E-state index contributed by atoms with van der Waals surface area (Å²) in [6.45, 7) is 1.73. The number of thiazole rings is 1. The van der Waals surface area contributed by atoms with Crippen LogP contribution in [0.5, 0.6) is 5.75 Å². The summed E-state index contributed by atoms with van der Waals surface area (Å²) in [4.78, 5) is 15.1. The Hall–Kier alpha value is -2.92. The van der Waals surface area contributed by atoms with E-state index in [-0.39, 0.29) is 6.61 Å². The fourth-order valence-corrected chi connectivity index (χ4v) is 2.93. The number of hydrogen-bond acceptors (Lipinski definition) is 4. The number of aryl methyl sites for hydroxylation is 1. The molecule has 3 aromatic rings. The predicted molar refractivity (Wildman–Crippen MR) is 101 cm³/mol. The second-order valence-corrected chi connectivity index (χ2v) is 6.41. The van der Waals surface area contributed by atoms with Crippen LogP contribution in [-0.2, 0) is 4.79 Å². The van der Waals surface area contributed by atoms with Gasteiger partial charge in [-0.1, -0.05) is 48.0 Å². The minimum absolute atomic E-state index is 0.337. The highest BCUT2D eigenvalue weighted by atomic mass is 32.1. The van der Waals surface area contributed by atoms with Crippen LogP contribution in [0.1, 0.15) is 16.1 Å². The highest BCUT2D eigenvalue weighted by Crippen LogP contribution is 2.23. The Balaban J connectivity index is 1.66. The van der Waals surface area contributed by atoms with Gasteiger partial charge in [0.1, 0.15) is 10.8 Å². The van der Waals surface area contributed by atoms with E-state index in [2.05, 4.69) is 36.2 Å². The van der Waals surface area contributed by atoms with Crippen molar-refractivity contribution in [3.8, 4) is 17.0 Å². The van der Waals surface area contributed by atoms with E-state index in [1.807, 2.05) is 29.7 Å². The maximum Gasteiger partial charge on any atom is 0.341 e. The zero-order valence-corrected chi connectivity index (χ0v) is 14.5. The summed E-state index contributed by atoms with van der Waals surface area (Å²) < 4.78 is 5.11. The number of ether oxygens (including phenoxy) is 1. The molecule has 0 aliphatic heterocycles. The van der Waals surface area contributed by atoms with Crippen molar-refractivity contribution in [2.24, 2.45) is 0 Å². The van der Waals surface area contributed by atoms with Crippen LogP contribution in [0.25, 0.3) is 23.4 Å². The molecule has 0 aliphatic carbocycles. The normalized spacial score (nSPS) is 10.9. The highest BCUT2D eigenvalue weighted by molar-refractivity contribution is 7.10. The van der Waals surface area contributed by atoms with Crippen molar-refractivity contribution >= 4 is 29.5 Å². The van der Waals surface area contributed by atoms with Crippen LogP contribution >= 0.6 is 11.3 Å². The number of nitrogens with zero attached hydrogens (tertiary/aromatic N) is 1. The third kappa shape index (κ3) is 4.78. The molecule has 0 radical (unpaired) electrons. The minimum Gasteiger partial charge on any atom is -0.482 e. The molecule has 126 valence electrons. The van der Waals surface area contributed by atoms with Crippen LogP contribution in [0.4, 0.5) is 0 Å². The first-order valence-corrected chi connectivity index (χ1v) is 8.63. The lowest BCUT2D eigenvalue weighted by atomic mass is 10.1. The van der Waals surface area contributed by atoms with Gasteiger partial charge in [-0.05, 0) is 30.7 Å². The van der Waals surface area contributed by atoms with E-state index in [0.717, 1.165) is 21.8 Å². The zero-order valence-electron chi connectivity index (χ0n) is 13.7. The molecule has 0 unspecified atom stereocenters. The Morgan fingerprint density at radius 3 is 2.52 bits per heavy atom. The van der Waals surface area contributed by atoms with Crippen LogP contribution < -0.4 is 4.74 Å². The Kier molecular flexibility index (Phi) is 5.26. The predicted octanol–water partition coefficient (Wildman–Crippen LogP) is 4.75. The largest absolute Gasteiger partial charge is 0.482 e. The van der Waals surface area contributed by atoms with E-state index in [1.54, 1.807) is 23.5 Å². The first-order valence-electron chi connectivity index (χ1n) is 7.75. The fourth-order valence-electron chi connectivity index (χ4n) is 2.21. The molecule has 0 fully saturated rings. The smallest absolute Gasteiger partial charge is 0.341 e. The Bertz CT molecular complexity index is 880. The number of carboxylic acid groups (broad SMARTS) is 1. The lowest BCUT2D eigenvalue weighted by Crippen LogP contribution is -2.09. The summed E-state index contributed by atoms with van der Waals surface area (Å²) in [5, 5.41) is 11.6. The van der Waals surface area contributed by atoms with Gasteiger partial charge >= 0.3 is 5.97 Å². The third-order valence-electron chi connectivity index (χ3n) is 3.53.